The average Bonchev–Trinajstić information content (AvgIpc) is 3.25. The van der Waals surface area contributed by atoms with Crippen molar-refractivity contribution in [2.45, 2.75) is 19.1 Å². The lowest BCUT2D eigenvalue weighted by Crippen LogP contribution is -2.27. The first-order valence-corrected chi connectivity index (χ1v) is 15.4. The molecule has 2 aromatic heterocycles. The third-order valence-electron chi connectivity index (χ3n) is 5.62. The lowest BCUT2D eigenvalue weighted by Gasteiger charge is -2.23. The zero-order valence-corrected chi connectivity index (χ0v) is 24.9. The van der Waals surface area contributed by atoms with Gasteiger partial charge in [-0.3, -0.25) is 10.1 Å². The van der Waals surface area contributed by atoms with Crippen molar-refractivity contribution in [2.24, 2.45) is 0 Å². The molecule has 0 aliphatic heterocycles. The number of thiophene rings is 1. The molecule has 1 unspecified atom stereocenters. The van der Waals surface area contributed by atoms with Gasteiger partial charge in [0.05, 0.1) is 22.1 Å². The number of aryl methyl sites for hydroxylation is 2. The molecule has 212 valence electrons. The van der Waals surface area contributed by atoms with Crippen LogP contribution in [-0.4, -0.2) is 61.5 Å². The van der Waals surface area contributed by atoms with Gasteiger partial charge in [0.25, 0.3) is 0 Å². The van der Waals surface area contributed by atoms with Gasteiger partial charge in [-0.25, -0.2) is 4.98 Å². The molecular formula is C24H26Cl3N3O7S2. The van der Waals surface area contributed by atoms with E-state index in [0.29, 0.717) is 30.4 Å². The zero-order chi connectivity index (χ0) is 28.7. The fraction of sp³-hybridized carbons (Fsp3) is 0.375. The van der Waals surface area contributed by atoms with Crippen molar-refractivity contribution < 1.29 is 27.4 Å². The van der Waals surface area contributed by atoms with E-state index in [1.165, 1.54) is 30.5 Å². The van der Waals surface area contributed by atoms with E-state index in [2.05, 4.69) is 4.98 Å². The number of halogens is 3. The van der Waals surface area contributed by atoms with Crippen molar-refractivity contribution >= 4 is 66.9 Å². The van der Waals surface area contributed by atoms with Gasteiger partial charge in [-0.1, -0.05) is 22.9 Å². The minimum atomic E-state index is -4.62. The first kappa shape index (κ1) is 31.2. The molecule has 3 aromatic rings. The molecule has 1 N–H and O–H groups in total. The van der Waals surface area contributed by atoms with Crippen LogP contribution in [0.1, 0.15) is 27.6 Å². The third kappa shape index (κ3) is 7.44. The molecule has 0 amide bonds. The Hall–Kier alpha value is -2.35. The smallest absolute Gasteiger partial charge is 0.329 e. The van der Waals surface area contributed by atoms with Crippen LogP contribution < -0.4 is 13.8 Å². The number of rotatable bonds is 14. The number of hydrogen-bond donors (Lipinski definition) is 1. The molecule has 1 aromatic carbocycles. The maximum atomic E-state index is 13.9. The zero-order valence-electron chi connectivity index (χ0n) is 21.0. The van der Waals surface area contributed by atoms with Crippen LogP contribution in [0.5, 0.6) is 11.6 Å². The van der Waals surface area contributed by atoms with Crippen LogP contribution in [0.2, 0.25) is 5.02 Å². The Kier molecular flexibility index (Phi) is 11.1. The molecule has 0 aliphatic rings. The Morgan fingerprint density at radius 2 is 1.79 bits per heavy atom. The molecule has 0 saturated heterocycles. The van der Waals surface area contributed by atoms with Gasteiger partial charge in [0.15, 0.2) is 5.25 Å². The van der Waals surface area contributed by atoms with E-state index in [4.69, 9.17) is 48.8 Å². The maximum absolute atomic E-state index is 13.9. The van der Waals surface area contributed by atoms with Gasteiger partial charge in [-0.15, -0.1) is 23.2 Å². The van der Waals surface area contributed by atoms with E-state index >= 15 is 0 Å². The topological polar surface area (TPSA) is 132 Å². The van der Waals surface area contributed by atoms with Crippen molar-refractivity contribution in [3.63, 3.8) is 0 Å². The quantitative estimate of drug-likeness (QED) is 0.106. The van der Waals surface area contributed by atoms with Gasteiger partial charge in [-0.05, 0) is 43.7 Å². The minimum absolute atomic E-state index is 0.000571. The second-order valence-corrected chi connectivity index (χ2v) is 11.9. The van der Waals surface area contributed by atoms with Gasteiger partial charge in [0.1, 0.15) is 12.4 Å². The number of anilines is 1. The summed E-state index contributed by atoms with van der Waals surface area (Å²) in [4.78, 5) is 17.4. The molecule has 1 atom stereocenters. The van der Waals surface area contributed by atoms with Gasteiger partial charge in [0, 0.05) is 53.2 Å². The number of hydrogen-bond acceptors (Lipinski definition) is 10. The number of pyridine rings is 1. The monoisotopic (exact) mass is 637 g/mol. The van der Waals surface area contributed by atoms with Crippen LogP contribution in [-0.2, 0) is 10.1 Å². The molecule has 15 heteroatoms. The molecule has 10 nitrogen and oxygen atoms in total. The van der Waals surface area contributed by atoms with E-state index in [1.54, 1.807) is 19.1 Å². The number of ether oxygens (including phenoxy) is 1. The lowest BCUT2D eigenvalue weighted by atomic mass is 10.0. The number of aliphatic hydroxyl groups excluding tert-OH is 1. The number of nitrogens with zero attached hydrogens (tertiary/aromatic N) is 3. The largest absolute Gasteiger partial charge is 0.475 e. The highest BCUT2D eigenvalue weighted by Crippen LogP contribution is 2.46. The van der Waals surface area contributed by atoms with Crippen molar-refractivity contribution in [1.29, 1.82) is 0 Å². The molecule has 39 heavy (non-hydrogen) atoms. The lowest BCUT2D eigenvalue weighted by molar-refractivity contribution is -0.380. The van der Waals surface area contributed by atoms with Crippen LogP contribution in [0.15, 0.2) is 35.7 Å². The highest BCUT2D eigenvalue weighted by atomic mass is 35.5. The van der Waals surface area contributed by atoms with E-state index in [0.717, 1.165) is 17.0 Å². The van der Waals surface area contributed by atoms with E-state index in [9.17, 15) is 18.5 Å². The first-order chi connectivity index (χ1) is 18.5. The average molecular weight is 639 g/mol. The predicted octanol–water partition coefficient (Wildman–Crippen LogP) is 5.47. The second kappa shape index (κ2) is 13.8. The summed E-state index contributed by atoms with van der Waals surface area (Å²) >= 11 is 19.1. The number of alkyl halides is 2. The van der Waals surface area contributed by atoms with Crippen LogP contribution in [0.25, 0.3) is 0 Å². The van der Waals surface area contributed by atoms with Crippen LogP contribution >= 0.6 is 46.1 Å². The van der Waals surface area contributed by atoms with E-state index in [1.807, 2.05) is 4.90 Å². The van der Waals surface area contributed by atoms with Crippen LogP contribution in [0.4, 0.5) is 10.7 Å². The second-order valence-electron chi connectivity index (χ2n) is 8.22. The van der Waals surface area contributed by atoms with Crippen molar-refractivity contribution in [1.82, 2.24) is 4.98 Å². The standard InChI is InChI=1S/C24H26Cl3N3O7S2/c1-15-14-38-24(30(32)33)21(15)23(22-16(2)28-20(13-19(22)27)36-12-11-31)39(34,35)37-18-5-3-17(4-6-18)29(9-7-25)10-8-26/h3-6,13-14,23,31H,7-12H2,1-2H3. The maximum Gasteiger partial charge on any atom is 0.329 e. The Bertz CT molecular complexity index is 1370. The molecule has 0 bridgehead atoms. The van der Waals surface area contributed by atoms with Crippen LogP contribution in [0.3, 0.4) is 0 Å². The molecule has 0 spiro atoms. The van der Waals surface area contributed by atoms with Gasteiger partial charge >= 0.3 is 15.1 Å². The van der Waals surface area contributed by atoms with E-state index in [-0.39, 0.29) is 51.7 Å². The van der Waals surface area contributed by atoms with Crippen molar-refractivity contribution in [2.75, 3.05) is 43.0 Å². The number of nitro groups is 1. The summed E-state index contributed by atoms with van der Waals surface area (Å²) in [7, 11) is -4.62. The molecular weight excluding hydrogens is 613 g/mol. The number of aromatic nitrogens is 1. The Labute approximate surface area is 245 Å². The first-order valence-electron chi connectivity index (χ1n) is 11.6. The summed E-state index contributed by atoms with van der Waals surface area (Å²) in [6, 6.07) is 7.60. The van der Waals surface area contributed by atoms with Gasteiger partial charge in [0.2, 0.25) is 5.88 Å². The summed E-state index contributed by atoms with van der Waals surface area (Å²) in [5.41, 5.74) is 1.27. The molecule has 2 heterocycles. The number of aliphatic hydroxyl groups is 1. The summed E-state index contributed by atoms with van der Waals surface area (Å²) in [6.07, 6.45) is 0. The van der Waals surface area contributed by atoms with Gasteiger partial charge < -0.3 is 18.9 Å². The Morgan fingerprint density at radius 1 is 1.15 bits per heavy atom. The minimum Gasteiger partial charge on any atom is -0.475 e. The number of benzene rings is 1. The third-order valence-corrected chi connectivity index (χ3v) is 8.81. The molecule has 0 saturated carbocycles. The normalized spacial score (nSPS) is 12.3. The van der Waals surface area contributed by atoms with E-state index < -0.39 is 20.3 Å². The summed E-state index contributed by atoms with van der Waals surface area (Å²) < 4.78 is 38.6. The summed E-state index contributed by atoms with van der Waals surface area (Å²) in [6.45, 7) is 3.86. The molecule has 3 rings (SSSR count). The Balaban J connectivity index is 2.10. The SMILES string of the molecule is Cc1csc([N+](=O)[O-])c1C(c1c(Cl)cc(OCCO)nc1C)S(=O)(=O)Oc1ccc(N(CCCl)CCCl)cc1. The van der Waals surface area contributed by atoms with Gasteiger partial charge in [-0.2, -0.15) is 8.42 Å². The Morgan fingerprint density at radius 3 is 2.33 bits per heavy atom. The highest BCUT2D eigenvalue weighted by molar-refractivity contribution is 7.87. The predicted molar refractivity (Wildman–Crippen MR) is 154 cm³/mol. The summed E-state index contributed by atoms with van der Waals surface area (Å²) in [5, 5.41) is 20.3. The van der Waals surface area contributed by atoms with Crippen LogP contribution in [0, 0.1) is 24.0 Å². The summed E-state index contributed by atoms with van der Waals surface area (Å²) in [5.74, 6) is 0.822. The molecule has 0 fully saturated rings. The molecule has 0 radical (unpaired) electrons. The fourth-order valence-corrected chi connectivity index (χ4v) is 7.40. The molecule has 0 aliphatic carbocycles. The van der Waals surface area contributed by atoms with Crippen molar-refractivity contribution in [3.05, 3.63) is 73.2 Å². The van der Waals surface area contributed by atoms with Crippen molar-refractivity contribution in [3.8, 4) is 11.6 Å². The highest BCUT2D eigenvalue weighted by Gasteiger charge is 2.41. The fourth-order valence-electron chi connectivity index (χ4n) is 3.96.